The van der Waals surface area contributed by atoms with Gasteiger partial charge in [0.25, 0.3) is 0 Å². The van der Waals surface area contributed by atoms with Gasteiger partial charge in [-0.3, -0.25) is 5.10 Å². The molecular formula is C20H23N5O2. The number of hydrogen-bond donors (Lipinski definition) is 2. The summed E-state index contributed by atoms with van der Waals surface area (Å²) in [6, 6.07) is 8.00. The molecule has 3 aromatic rings. The van der Waals surface area contributed by atoms with Gasteiger partial charge in [0, 0.05) is 24.5 Å². The van der Waals surface area contributed by atoms with Crippen LogP contribution in [0.4, 0.5) is 5.82 Å². The number of aliphatic hydroxyl groups excluding tert-OH is 1. The van der Waals surface area contributed by atoms with Crippen LogP contribution in [-0.4, -0.2) is 50.1 Å². The molecule has 3 heterocycles. The largest absolute Gasteiger partial charge is 0.488 e. The highest BCUT2D eigenvalue weighted by molar-refractivity contribution is 5.93. The van der Waals surface area contributed by atoms with Gasteiger partial charge in [-0.1, -0.05) is 0 Å². The maximum Gasteiger partial charge on any atom is 0.132 e. The van der Waals surface area contributed by atoms with Gasteiger partial charge in [0.05, 0.1) is 17.3 Å². The van der Waals surface area contributed by atoms with Gasteiger partial charge in [0.15, 0.2) is 0 Å². The number of H-pyrrole nitrogens is 1. The van der Waals surface area contributed by atoms with Crippen LogP contribution in [0.3, 0.4) is 0 Å². The summed E-state index contributed by atoms with van der Waals surface area (Å²) in [5, 5.41) is 18.3. The van der Waals surface area contributed by atoms with E-state index in [4.69, 9.17) is 4.74 Å². The smallest absolute Gasteiger partial charge is 0.132 e. The highest BCUT2D eigenvalue weighted by Crippen LogP contribution is 2.40. The van der Waals surface area contributed by atoms with E-state index in [-0.39, 0.29) is 11.7 Å². The molecule has 0 atom stereocenters. The number of rotatable bonds is 4. The Morgan fingerprint density at radius 3 is 2.78 bits per heavy atom. The Morgan fingerprint density at radius 1 is 1.19 bits per heavy atom. The van der Waals surface area contributed by atoms with Gasteiger partial charge in [0.2, 0.25) is 0 Å². The fraction of sp³-hybridized carbons (Fsp3) is 0.450. The van der Waals surface area contributed by atoms with Crippen molar-refractivity contribution in [1.82, 2.24) is 20.2 Å². The highest BCUT2D eigenvalue weighted by atomic mass is 16.5. The molecule has 5 rings (SSSR count). The van der Waals surface area contributed by atoms with Gasteiger partial charge < -0.3 is 14.7 Å². The molecule has 2 aromatic heterocycles. The Balaban J connectivity index is 1.47. The van der Waals surface area contributed by atoms with Crippen molar-refractivity contribution in [3.63, 3.8) is 0 Å². The average Bonchev–Trinajstić information content (AvgIpc) is 3.25. The summed E-state index contributed by atoms with van der Waals surface area (Å²) in [7, 11) is 0. The van der Waals surface area contributed by atoms with Crippen LogP contribution in [0.1, 0.15) is 32.6 Å². The van der Waals surface area contributed by atoms with Gasteiger partial charge in [-0.2, -0.15) is 5.10 Å². The zero-order chi connectivity index (χ0) is 18.4. The summed E-state index contributed by atoms with van der Waals surface area (Å²) in [5.41, 5.74) is 2.53. The van der Waals surface area contributed by atoms with Crippen molar-refractivity contribution in [3.8, 4) is 17.1 Å². The highest BCUT2D eigenvalue weighted by Gasteiger charge is 2.40. The first kappa shape index (κ1) is 16.5. The van der Waals surface area contributed by atoms with E-state index in [0.717, 1.165) is 72.6 Å². The fourth-order valence-corrected chi connectivity index (χ4v) is 3.56. The molecule has 7 heteroatoms. The number of piperidine rings is 1. The Morgan fingerprint density at radius 2 is 2.00 bits per heavy atom. The Bertz CT molecular complexity index is 973. The lowest BCUT2D eigenvalue weighted by atomic mass is 10.1. The van der Waals surface area contributed by atoms with Crippen molar-refractivity contribution in [2.45, 2.75) is 44.3 Å². The fourth-order valence-electron chi connectivity index (χ4n) is 3.56. The van der Waals surface area contributed by atoms with Crippen LogP contribution in [0.25, 0.3) is 22.3 Å². The van der Waals surface area contributed by atoms with Crippen molar-refractivity contribution in [2.24, 2.45) is 0 Å². The summed E-state index contributed by atoms with van der Waals surface area (Å²) >= 11 is 0. The third-order valence-electron chi connectivity index (χ3n) is 5.54. The van der Waals surface area contributed by atoms with E-state index >= 15 is 0 Å². The third kappa shape index (κ3) is 3.23. The topological polar surface area (TPSA) is 87.2 Å². The van der Waals surface area contributed by atoms with E-state index < -0.39 is 0 Å². The van der Waals surface area contributed by atoms with Crippen LogP contribution in [-0.2, 0) is 0 Å². The second kappa shape index (κ2) is 6.20. The lowest BCUT2D eigenvalue weighted by Gasteiger charge is -2.30. The lowest BCUT2D eigenvalue weighted by molar-refractivity contribution is 0.145. The van der Waals surface area contributed by atoms with E-state index in [1.165, 1.54) is 0 Å². The van der Waals surface area contributed by atoms with Crippen molar-refractivity contribution < 1.29 is 9.84 Å². The number of aromatic nitrogens is 4. The van der Waals surface area contributed by atoms with E-state index in [2.05, 4.69) is 32.0 Å². The standard InChI is InChI=1S/C20H23N5O2/c1-20(6-7-20)27-14-2-3-16-15(10-14)19(24-23-16)17-11-18(22-12-21-17)25-8-4-13(26)5-9-25/h2-3,10-13,26H,4-9H2,1H3,(H,23,24). The minimum Gasteiger partial charge on any atom is -0.488 e. The van der Waals surface area contributed by atoms with Crippen LogP contribution in [0, 0.1) is 0 Å². The zero-order valence-corrected chi connectivity index (χ0v) is 15.4. The number of hydrogen-bond acceptors (Lipinski definition) is 6. The number of nitrogens with one attached hydrogen (secondary N) is 1. The van der Waals surface area contributed by atoms with Crippen molar-refractivity contribution in [3.05, 3.63) is 30.6 Å². The summed E-state index contributed by atoms with van der Waals surface area (Å²) < 4.78 is 6.10. The number of fused-ring (bicyclic) bond motifs is 1. The summed E-state index contributed by atoms with van der Waals surface area (Å²) in [4.78, 5) is 11.1. The Kier molecular flexibility index (Phi) is 3.79. The molecule has 0 amide bonds. The molecule has 0 unspecified atom stereocenters. The second-order valence-electron chi connectivity index (χ2n) is 7.81. The van der Waals surface area contributed by atoms with Crippen LogP contribution >= 0.6 is 0 Å². The van der Waals surface area contributed by atoms with Gasteiger partial charge in [-0.15, -0.1) is 0 Å². The molecule has 2 aliphatic rings. The van der Waals surface area contributed by atoms with E-state index in [0.29, 0.717) is 0 Å². The quantitative estimate of drug-likeness (QED) is 0.739. The molecule has 0 radical (unpaired) electrons. The average molecular weight is 365 g/mol. The van der Waals surface area contributed by atoms with Crippen molar-refractivity contribution >= 4 is 16.7 Å². The van der Waals surface area contributed by atoms with Crippen molar-refractivity contribution in [1.29, 1.82) is 0 Å². The first-order valence-corrected chi connectivity index (χ1v) is 9.52. The molecule has 7 nitrogen and oxygen atoms in total. The maximum atomic E-state index is 9.72. The zero-order valence-electron chi connectivity index (χ0n) is 15.4. The van der Waals surface area contributed by atoms with E-state index in [9.17, 15) is 5.11 Å². The minimum absolute atomic E-state index is 0.0154. The predicted octanol–water partition coefficient (Wildman–Crippen LogP) is 2.91. The maximum absolute atomic E-state index is 9.72. The number of anilines is 1. The minimum atomic E-state index is -0.204. The second-order valence-corrected chi connectivity index (χ2v) is 7.81. The number of benzene rings is 1. The number of aliphatic hydroxyl groups is 1. The normalized spacial score (nSPS) is 19.4. The molecule has 27 heavy (non-hydrogen) atoms. The number of ether oxygens (including phenoxy) is 1. The SMILES string of the molecule is CC1(Oc2ccc3[nH]nc(-c4cc(N5CCC(O)CC5)ncn4)c3c2)CC1. The summed E-state index contributed by atoms with van der Waals surface area (Å²) in [5.74, 6) is 1.74. The van der Waals surface area contributed by atoms with E-state index in [1.54, 1.807) is 6.33 Å². The Hall–Kier alpha value is -2.67. The van der Waals surface area contributed by atoms with Gasteiger partial charge >= 0.3 is 0 Å². The third-order valence-corrected chi connectivity index (χ3v) is 5.54. The lowest BCUT2D eigenvalue weighted by Crippen LogP contribution is -2.36. The van der Waals surface area contributed by atoms with Crippen LogP contribution in [0.15, 0.2) is 30.6 Å². The Labute approximate surface area is 157 Å². The molecule has 2 fully saturated rings. The summed E-state index contributed by atoms with van der Waals surface area (Å²) in [6.07, 6.45) is 5.12. The molecule has 0 spiro atoms. The molecule has 2 N–H and O–H groups in total. The predicted molar refractivity (Wildman–Crippen MR) is 103 cm³/mol. The molecule has 0 bridgehead atoms. The van der Waals surface area contributed by atoms with E-state index in [1.807, 2.05) is 24.3 Å². The summed E-state index contributed by atoms with van der Waals surface area (Å²) in [6.45, 7) is 3.74. The van der Waals surface area contributed by atoms with Crippen molar-refractivity contribution in [2.75, 3.05) is 18.0 Å². The molecule has 1 aliphatic carbocycles. The molecular weight excluding hydrogens is 342 g/mol. The number of aromatic amines is 1. The first-order valence-electron chi connectivity index (χ1n) is 9.52. The molecule has 1 aliphatic heterocycles. The molecule has 1 aromatic carbocycles. The van der Waals surface area contributed by atoms with Gasteiger partial charge in [0.1, 0.15) is 29.2 Å². The molecule has 1 saturated carbocycles. The molecule has 140 valence electrons. The van der Waals surface area contributed by atoms with Gasteiger partial charge in [-0.25, -0.2) is 9.97 Å². The van der Waals surface area contributed by atoms with Crippen LogP contribution < -0.4 is 9.64 Å². The van der Waals surface area contributed by atoms with Crippen LogP contribution in [0.5, 0.6) is 5.75 Å². The monoisotopic (exact) mass is 365 g/mol. The number of nitrogens with zero attached hydrogens (tertiary/aromatic N) is 4. The first-order chi connectivity index (χ1) is 13.1. The van der Waals surface area contributed by atoms with Crippen LogP contribution in [0.2, 0.25) is 0 Å². The molecule has 1 saturated heterocycles. The van der Waals surface area contributed by atoms with Gasteiger partial charge in [-0.05, 0) is 50.8 Å².